The third-order valence-corrected chi connectivity index (χ3v) is 18.8. The topological polar surface area (TPSA) is 564 Å². The number of benzene rings is 6. The van der Waals surface area contributed by atoms with Crippen LogP contribution >= 0.6 is 0 Å². The highest BCUT2D eigenvalue weighted by atomic mass is 19.4. The summed E-state index contributed by atoms with van der Waals surface area (Å²) in [5.41, 5.74) is 23.1. The third-order valence-electron chi connectivity index (χ3n) is 18.8. The Balaban J connectivity index is 0.00000379. The lowest BCUT2D eigenvalue weighted by molar-refractivity contribution is -0.192. The minimum absolute atomic E-state index is 0.110. The molecule has 39 heteroatoms. The number of urea groups is 2. The first-order valence-electron chi connectivity index (χ1n) is 41.1. The second-order valence-corrected chi connectivity index (χ2v) is 28.7. The summed E-state index contributed by atoms with van der Waals surface area (Å²) < 4.78 is 31.7. The number of carbonyl (C=O) groups is 13. The molecule has 6 aromatic carbocycles. The highest BCUT2D eigenvalue weighted by Gasteiger charge is 2.38. The normalized spacial score (nSPS) is 11.3. The first kappa shape index (κ1) is 102. The number of hydrogen-bond donors (Lipinski definition) is 22. The average molecular weight is 1740 g/mol. The molecule has 0 saturated heterocycles. The van der Waals surface area contributed by atoms with Gasteiger partial charge in [-0.25, -0.2) is 14.4 Å². The maximum Gasteiger partial charge on any atom is 0.490 e. The van der Waals surface area contributed by atoms with E-state index in [0.717, 1.165) is 44.5 Å². The third kappa shape index (κ3) is 44.1. The van der Waals surface area contributed by atoms with Crippen molar-refractivity contribution in [2.45, 2.75) is 133 Å². The number of halogens is 3. The summed E-state index contributed by atoms with van der Waals surface area (Å²) in [6.45, 7) is 4.37. The number of alkyl halides is 3. The lowest BCUT2D eigenvalue weighted by atomic mass is 9.90. The summed E-state index contributed by atoms with van der Waals surface area (Å²) in [5, 5.41) is 66.5. The molecule has 0 aromatic heterocycles. The molecule has 0 spiro atoms. The minimum atomic E-state index is -5.08. The van der Waals surface area contributed by atoms with Crippen molar-refractivity contribution in [3.8, 4) is 0 Å². The van der Waals surface area contributed by atoms with Crippen molar-refractivity contribution in [2.24, 2.45) is 17.2 Å². The second-order valence-electron chi connectivity index (χ2n) is 28.7. The Morgan fingerprint density at radius 3 is 0.896 bits per heavy atom. The summed E-state index contributed by atoms with van der Waals surface area (Å²) >= 11 is 0. The number of nitrogens with zero attached hydrogens (tertiary/aromatic N) is 1. The molecule has 0 radical (unpaired) electrons. The smallest absolute Gasteiger partial charge is 0.475 e. The summed E-state index contributed by atoms with van der Waals surface area (Å²) in [5.74, 6) is -8.34. The number of amides is 14. The van der Waals surface area contributed by atoms with Crippen molar-refractivity contribution in [1.82, 2.24) is 90.0 Å². The molecule has 676 valence electrons. The van der Waals surface area contributed by atoms with Crippen LogP contribution in [0.1, 0.15) is 133 Å². The number of nitrogens with two attached hydrogens (primary N) is 3. The van der Waals surface area contributed by atoms with Crippen molar-refractivity contribution in [3.63, 3.8) is 0 Å². The van der Waals surface area contributed by atoms with E-state index in [0.29, 0.717) is 117 Å². The van der Waals surface area contributed by atoms with Gasteiger partial charge in [-0.3, -0.25) is 63.7 Å². The van der Waals surface area contributed by atoms with Gasteiger partial charge in [0.2, 0.25) is 59.1 Å². The monoisotopic (exact) mass is 1740 g/mol. The highest BCUT2D eigenvalue weighted by molar-refractivity contribution is 5.94. The fraction of sp³-hybridized carbons (Fsp3) is 0.407. The van der Waals surface area contributed by atoms with Gasteiger partial charge >= 0.3 is 24.2 Å². The Labute approximate surface area is 723 Å². The lowest BCUT2D eigenvalue weighted by Gasteiger charge is -2.23. The van der Waals surface area contributed by atoms with E-state index in [1.165, 1.54) is 0 Å². The molecule has 0 fully saturated rings. The van der Waals surface area contributed by atoms with E-state index in [1.807, 2.05) is 175 Å². The summed E-state index contributed by atoms with van der Waals surface area (Å²) in [4.78, 5) is 166. The van der Waals surface area contributed by atoms with Crippen LogP contribution in [0.15, 0.2) is 170 Å². The quantitative estimate of drug-likeness (QED) is 0.0148. The molecule has 0 aliphatic rings. The first-order chi connectivity index (χ1) is 60.1. The van der Waals surface area contributed by atoms with Gasteiger partial charge in [0.1, 0.15) is 12.1 Å². The molecule has 0 unspecified atom stereocenters. The van der Waals surface area contributed by atoms with E-state index in [4.69, 9.17) is 37.9 Å². The van der Waals surface area contributed by atoms with Crippen LogP contribution in [-0.4, -0.2) is 209 Å². The molecule has 25 N–H and O–H groups in total. The molecule has 125 heavy (non-hydrogen) atoms. The Kier molecular flexibility index (Phi) is 47.5. The number of carbonyl (C=O) groups excluding carboxylic acids is 12. The van der Waals surface area contributed by atoms with E-state index in [2.05, 4.69) is 85.1 Å². The van der Waals surface area contributed by atoms with E-state index in [-0.39, 0.29) is 137 Å². The second kappa shape index (κ2) is 58.3. The van der Waals surface area contributed by atoms with Gasteiger partial charge in [-0.2, -0.15) is 13.2 Å². The zero-order chi connectivity index (χ0) is 91.0. The van der Waals surface area contributed by atoms with Gasteiger partial charge in [-0.15, -0.1) is 0 Å². The summed E-state index contributed by atoms with van der Waals surface area (Å²) in [6.07, 6.45) is -1.86. The number of aliphatic carboxylic acids is 1. The van der Waals surface area contributed by atoms with Crippen LogP contribution in [0.5, 0.6) is 0 Å². The molecule has 0 heterocycles. The number of unbranched alkanes of at least 4 members (excludes halogenated alkanes) is 2. The molecule has 36 nitrogen and oxygen atoms in total. The van der Waals surface area contributed by atoms with Crippen LogP contribution in [0.3, 0.4) is 0 Å². The van der Waals surface area contributed by atoms with Crippen molar-refractivity contribution < 1.29 is 80.6 Å². The van der Waals surface area contributed by atoms with Crippen LogP contribution in [-0.2, 0) is 78.9 Å². The number of hydrogen-bond acceptors (Lipinski definition) is 17. The van der Waals surface area contributed by atoms with Crippen molar-refractivity contribution >= 4 is 89.0 Å². The van der Waals surface area contributed by atoms with Crippen LogP contribution in [0.2, 0.25) is 0 Å². The van der Waals surface area contributed by atoms with Gasteiger partial charge in [-0.05, 0) is 95.9 Å². The van der Waals surface area contributed by atoms with Crippen molar-refractivity contribution in [3.05, 3.63) is 214 Å². The van der Waals surface area contributed by atoms with Gasteiger partial charge in [0, 0.05) is 130 Å². The molecule has 2 atom stereocenters. The zero-order valence-electron chi connectivity index (χ0n) is 69.8. The Morgan fingerprint density at radius 1 is 0.336 bits per heavy atom. The molecule has 14 amide bonds. The number of nitrogens with one attached hydrogen (secondary N) is 18. The molecule has 0 aliphatic heterocycles. The zero-order valence-corrected chi connectivity index (χ0v) is 69.8. The molecular formula is C86H117F3N22O14. The number of rotatable bonds is 54. The van der Waals surface area contributed by atoms with Gasteiger partial charge in [0.25, 0.3) is 0 Å². The average Bonchev–Trinajstić information content (AvgIpc) is 0.830. The van der Waals surface area contributed by atoms with Crippen LogP contribution < -0.4 is 102 Å². The van der Waals surface area contributed by atoms with Crippen molar-refractivity contribution in [2.75, 3.05) is 91.6 Å². The Hall–Kier alpha value is -13.7. The summed E-state index contributed by atoms with van der Waals surface area (Å²) in [7, 11) is 0. The number of carboxylic acid groups (broad SMARTS) is 1. The van der Waals surface area contributed by atoms with Crippen LogP contribution in [0.25, 0.3) is 0 Å². The van der Waals surface area contributed by atoms with Crippen LogP contribution in [0.4, 0.5) is 22.8 Å². The fourth-order valence-corrected chi connectivity index (χ4v) is 12.2. The largest absolute Gasteiger partial charge is 0.490 e. The predicted octanol–water partition coefficient (Wildman–Crippen LogP) is 2.09. The van der Waals surface area contributed by atoms with E-state index < -0.39 is 59.7 Å². The van der Waals surface area contributed by atoms with Gasteiger partial charge in [-0.1, -0.05) is 170 Å². The number of carboxylic acids is 1. The standard InChI is InChI=1S/C84H116N22O12.C2HF3O2/c85-41-50-106(51-48-92-69(107)37-39-71(109)98-57-73(111)90-42-13-15-44-96-83(117)102-55-61-33-29-59(30-34-61)53-100-77(113)67(27-17-46-94-81(86)87)104-79(115)75(63-19-5-1-6-20-63)64-21-7-2-8-22-64)52-49-93-70(108)38-40-72(110)99-58-74(112)91-43-14-16-45-97-84(118)103-56-62-35-31-60(32-36-62)54-101-78(114)68(28-18-47-95-82(88)89)105-80(116)76(65-23-9-3-10-24-65)66-25-11-4-12-26-66;3-2(4,5)1(6)7/h1-12,19-26,29-36,67-68,75-76H,13-18,27-28,37-58,85H2,(H,90,111)(H,91,112)(H,92,107)(H,93,108)(H,98,109)(H,99,110)(H,100,113)(H,101,114)(H,104,115)(H,105,116)(H4,86,87,94)(H4,88,89,95)(H2,96,102,117)(H2,97,103,118);(H,6,7)/t67-,68-;/m1./s1. The predicted molar refractivity (Wildman–Crippen MR) is 463 cm³/mol. The summed E-state index contributed by atoms with van der Waals surface area (Å²) in [6, 6.07) is 49.6. The minimum Gasteiger partial charge on any atom is -0.475 e. The number of guanidine groups is 2. The maximum atomic E-state index is 13.9. The van der Waals surface area contributed by atoms with Crippen LogP contribution in [0, 0.1) is 10.8 Å². The molecular weight excluding hydrogens is 1620 g/mol. The van der Waals surface area contributed by atoms with Crippen molar-refractivity contribution in [1.29, 1.82) is 10.8 Å². The van der Waals surface area contributed by atoms with E-state index >= 15 is 0 Å². The first-order valence-corrected chi connectivity index (χ1v) is 41.1. The molecule has 6 aromatic rings. The SMILES string of the molecule is N=C(N)NCCC[C@@H](NC(=O)C(c1ccccc1)c1ccccc1)C(=O)NCc1ccc(CNC(=O)NCCCCNC(=O)CNC(=O)CCC(=O)NCCN(CCN)CCNC(=O)CCC(=O)NCC(=O)NCCCCNC(=O)NCc2ccc(CNC(=O)[C@@H](CCCNC(=N)N)NC(=O)C(c3ccccc3)c3ccccc3)cc2)cc1.O=C(O)C(F)(F)F. The Morgan fingerprint density at radius 2 is 0.608 bits per heavy atom. The fourth-order valence-electron chi connectivity index (χ4n) is 12.2. The maximum absolute atomic E-state index is 13.9. The molecule has 6 rings (SSSR count). The van der Waals surface area contributed by atoms with E-state index in [1.54, 1.807) is 0 Å². The highest BCUT2D eigenvalue weighted by Crippen LogP contribution is 2.27. The molecule has 0 saturated carbocycles. The Bertz CT molecular complexity index is 4040. The van der Waals surface area contributed by atoms with Gasteiger partial charge in [0.05, 0.1) is 24.9 Å². The van der Waals surface area contributed by atoms with Gasteiger partial charge < -0.3 is 107 Å². The molecule has 0 bridgehead atoms. The van der Waals surface area contributed by atoms with E-state index in [9.17, 15) is 70.7 Å². The van der Waals surface area contributed by atoms with Gasteiger partial charge in [0.15, 0.2) is 11.9 Å². The lowest BCUT2D eigenvalue weighted by Crippen LogP contribution is -2.48. The molecule has 0 aliphatic carbocycles.